The number of fused-ring (bicyclic) bond motifs is 1. The van der Waals surface area contributed by atoms with Gasteiger partial charge in [-0.25, -0.2) is 14.6 Å². The van der Waals surface area contributed by atoms with Crippen LogP contribution in [-0.4, -0.2) is 70.9 Å². The van der Waals surface area contributed by atoms with Gasteiger partial charge in [0.1, 0.15) is 6.10 Å². The van der Waals surface area contributed by atoms with E-state index in [4.69, 9.17) is 10.7 Å². The minimum Gasteiger partial charge on any atom is -0.399 e. The number of aliphatic hydroxyl groups excluding tert-OH is 3. The van der Waals surface area contributed by atoms with Crippen molar-refractivity contribution >= 4 is 34.4 Å². The fourth-order valence-corrected chi connectivity index (χ4v) is 5.30. The second-order valence-corrected chi connectivity index (χ2v) is 9.96. The maximum atomic E-state index is 10.6. The normalized spacial score (nSPS) is 29.0. The molecule has 6 atom stereocenters. The van der Waals surface area contributed by atoms with Gasteiger partial charge in [-0.15, -0.1) is 5.10 Å². The molecule has 2 fully saturated rings. The lowest BCUT2D eigenvalue weighted by Gasteiger charge is -2.17. The average molecular weight is 472 g/mol. The summed E-state index contributed by atoms with van der Waals surface area (Å²) in [6.07, 6.45) is 0.270. The molecule has 6 N–H and O–H groups in total. The summed E-state index contributed by atoms with van der Waals surface area (Å²) < 4.78 is 1.57. The second-order valence-electron chi connectivity index (χ2n) is 8.90. The summed E-state index contributed by atoms with van der Waals surface area (Å²) in [5.74, 6) is 1.42. The second kappa shape index (κ2) is 9.05. The molecule has 0 bridgehead atoms. The number of nitrogens with zero attached hydrogens (tertiary/aromatic N) is 5. The Kier molecular flexibility index (Phi) is 6.12. The molecule has 10 nitrogen and oxygen atoms in total. The van der Waals surface area contributed by atoms with Gasteiger partial charge in [0, 0.05) is 35.9 Å². The van der Waals surface area contributed by atoms with E-state index >= 15 is 0 Å². The van der Waals surface area contributed by atoms with E-state index in [1.54, 1.807) is 16.4 Å². The van der Waals surface area contributed by atoms with Gasteiger partial charge in [-0.1, -0.05) is 36.0 Å². The van der Waals surface area contributed by atoms with Crippen LogP contribution in [0.15, 0.2) is 29.4 Å². The number of aromatic nitrogens is 5. The third kappa shape index (κ3) is 4.25. The summed E-state index contributed by atoms with van der Waals surface area (Å²) in [5, 5.41) is 43.1. The fraction of sp³-hybridized carbons (Fsp3) is 0.545. The summed E-state index contributed by atoms with van der Waals surface area (Å²) in [6.45, 7) is 1.90. The maximum Gasteiger partial charge on any atom is 0.191 e. The minimum atomic E-state index is -1.05. The Hall–Kier alpha value is -2.47. The molecule has 0 amide bonds. The molecule has 2 saturated carbocycles. The van der Waals surface area contributed by atoms with E-state index in [-0.39, 0.29) is 12.6 Å². The number of aliphatic hydroxyl groups is 3. The van der Waals surface area contributed by atoms with Crippen molar-refractivity contribution in [3.63, 3.8) is 0 Å². The van der Waals surface area contributed by atoms with Crippen LogP contribution in [0.1, 0.15) is 43.7 Å². The van der Waals surface area contributed by atoms with Crippen LogP contribution in [0.25, 0.3) is 11.2 Å². The molecule has 5 rings (SSSR count). The molecule has 0 aliphatic heterocycles. The van der Waals surface area contributed by atoms with Gasteiger partial charge in [-0.05, 0) is 37.0 Å². The molecular formula is C22H29N7O3S. The van der Waals surface area contributed by atoms with E-state index < -0.39 is 24.2 Å². The van der Waals surface area contributed by atoms with Crippen molar-refractivity contribution in [1.29, 1.82) is 0 Å². The third-order valence-electron chi connectivity index (χ3n) is 6.51. The van der Waals surface area contributed by atoms with Crippen molar-refractivity contribution in [3.8, 4) is 0 Å². The Morgan fingerprint density at radius 2 is 2.06 bits per heavy atom. The summed E-state index contributed by atoms with van der Waals surface area (Å²) in [4.78, 5) is 9.40. The van der Waals surface area contributed by atoms with Crippen LogP contribution in [-0.2, 0) is 0 Å². The smallest absolute Gasteiger partial charge is 0.191 e. The highest BCUT2D eigenvalue weighted by Gasteiger charge is 2.44. The van der Waals surface area contributed by atoms with Crippen LogP contribution >= 0.6 is 11.8 Å². The first-order valence-electron chi connectivity index (χ1n) is 11.3. The monoisotopic (exact) mass is 471 g/mol. The predicted octanol–water partition coefficient (Wildman–Crippen LogP) is 1.55. The van der Waals surface area contributed by atoms with Crippen LogP contribution in [0, 0.1) is 5.92 Å². The first-order chi connectivity index (χ1) is 16.0. The Bertz CT molecular complexity index is 1140. The number of rotatable bonds is 8. The molecule has 2 heterocycles. The number of thioether (sulfide) groups is 1. The molecule has 2 aliphatic carbocycles. The highest BCUT2D eigenvalue weighted by atomic mass is 32.2. The van der Waals surface area contributed by atoms with Crippen LogP contribution in [0.3, 0.4) is 0 Å². The molecule has 11 heteroatoms. The summed E-state index contributed by atoms with van der Waals surface area (Å²) >= 11 is 1.56. The van der Waals surface area contributed by atoms with Gasteiger partial charge >= 0.3 is 0 Å². The summed E-state index contributed by atoms with van der Waals surface area (Å²) in [5.41, 5.74) is 8.94. The molecular weight excluding hydrogens is 442 g/mol. The standard InChI is InChI=1S/C22H29N7O3S/c1-2-6-33-22-25-20(24-15-9-14(15)11-4-3-5-13(23)7-11)17-21(26-22)29(28-27-17)16-8-12(10-30)18(31)19(16)32/h3-5,7,12,14-16,18-19,30-32H,2,6,8-10,23H2,1H3,(H,24,25,26)/t12-,14?,15?,16-,18-,19+/m1/s1. The molecule has 176 valence electrons. The molecule has 0 radical (unpaired) electrons. The molecule has 2 unspecified atom stereocenters. The lowest BCUT2D eigenvalue weighted by atomic mass is 10.1. The minimum absolute atomic E-state index is 0.201. The number of hydrogen-bond donors (Lipinski definition) is 5. The Morgan fingerprint density at radius 3 is 2.79 bits per heavy atom. The van der Waals surface area contributed by atoms with Crippen LogP contribution in [0.5, 0.6) is 0 Å². The van der Waals surface area contributed by atoms with Gasteiger partial charge in [0.25, 0.3) is 0 Å². The van der Waals surface area contributed by atoms with Gasteiger partial charge in [-0.2, -0.15) is 0 Å². The predicted molar refractivity (Wildman–Crippen MR) is 126 cm³/mol. The molecule has 1 aromatic carbocycles. The number of benzene rings is 1. The van der Waals surface area contributed by atoms with Gasteiger partial charge < -0.3 is 26.4 Å². The Morgan fingerprint density at radius 1 is 1.21 bits per heavy atom. The number of nitrogens with one attached hydrogen (secondary N) is 1. The molecule has 3 aromatic rings. The number of nitrogen functional groups attached to an aromatic ring is 1. The SMILES string of the molecule is CCCSc1nc(NC2CC2c2cccc(N)c2)c2nnn([C@@H]3C[C@H](CO)[C@@H](O)[C@H]3O)c2n1. The van der Waals surface area contributed by atoms with E-state index in [0.29, 0.717) is 34.5 Å². The van der Waals surface area contributed by atoms with E-state index in [9.17, 15) is 15.3 Å². The lowest BCUT2D eigenvalue weighted by Crippen LogP contribution is -2.30. The molecule has 2 aromatic heterocycles. The van der Waals surface area contributed by atoms with Gasteiger partial charge in [0.2, 0.25) is 0 Å². The van der Waals surface area contributed by atoms with Crippen molar-refractivity contribution in [1.82, 2.24) is 25.0 Å². The zero-order valence-corrected chi connectivity index (χ0v) is 19.2. The molecule has 0 saturated heterocycles. The zero-order chi connectivity index (χ0) is 23.1. The van der Waals surface area contributed by atoms with E-state index in [0.717, 1.165) is 24.3 Å². The van der Waals surface area contributed by atoms with E-state index in [1.807, 2.05) is 18.2 Å². The quantitative estimate of drug-likeness (QED) is 0.186. The number of nitrogens with two attached hydrogens (primary N) is 1. The summed E-state index contributed by atoms with van der Waals surface area (Å²) in [7, 11) is 0. The van der Waals surface area contributed by atoms with Crippen LogP contribution < -0.4 is 11.1 Å². The lowest BCUT2D eigenvalue weighted by molar-refractivity contribution is -0.00512. The van der Waals surface area contributed by atoms with Crippen LogP contribution in [0.4, 0.5) is 11.5 Å². The molecule has 33 heavy (non-hydrogen) atoms. The van der Waals surface area contributed by atoms with Gasteiger partial charge in [-0.3, -0.25) is 0 Å². The van der Waals surface area contributed by atoms with Gasteiger partial charge in [0.15, 0.2) is 22.1 Å². The topological polar surface area (TPSA) is 155 Å². The highest BCUT2D eigenvalue weighted by molar-refractivity contribution is 7.99. The first kappa shape index (κ1) is 22.3. The largest absolute Gasteiger partial charge is 0.399 e. The Labute approximate surface area is 195 Å². The van der Waals surface area contributed by atoms with Crippen molar-refractivity contribution in [2.24, 2.45) is 5.92 Å². The van der Waals surface area contributed by atoms with E-state index in [2.05, 4.69) is 33.6 Å². The maximum absolute atomic E-state index is 10.6. The first-order valence-corrected chi connectivity index (χ1v) is 12.3. The fourth-order valence-electron chi connectivity index (χ4n) is 4.60. The third-order valence-corrected chi connectivity index (χ3v) is 7.56. The number of anilines is 2. The zero-order valence-electron chi connectivity index (χ0n) is 18.4. The molecule has 0 spiro atoms. The number of hydrogen-bond acceptors (Lipinski definition) is 10. The highest BCUT2D eigenvalue weighted by Crippen LogP contribution is 2.44. The van der Waals surface area contributed by atoms with Crippen molar-refractivity contribution in [2.75, 3.05) is 23.4 Å². The average Bonchev–Trinajstić information content (AvgIpc) is 3.36. The van der Waals surface area contributed by atoms with Crippen molar-refractivity contribution in [3.05, 3.63) is 29.8 Å². The Balaban J connectivity index is 1.46. The van der Waals surface area contributed by atoms with Gasteiger partial charge in [0.05, 0.1) is 12.1 Å². The van der Waals surface area contributed by atoms with Crippen LogP contribution in [0.2, 0.25) is 0 Å². The van der Waals surface area contributed by atoms with Crippen molar-refractivity contribution in [2.45, 2.75) is 61.6 Å². The van der Waals surface area contributed by atoms with E-state index in [1.165, 1.54) is 5.56 Å². The molecule has 2 aliphatic rings. The summed E-state index contributed by atoms with van der Waals surface area (Å²) in [6, 6.07) is 7.63. The van der Waals surface area contributed by atoms with Crippen molar-refractivity contribution < 1.29 is 15.3 Å².